The molecule has 0 aliphatic carbocycles. The molecule has 0 saturated heterocycles. The van der Waals surface area contributed by atoms with Gasteiger partial charge in [0.2, 0.25) is 0 Å². The molecule has 0 fully saturated rings. The number of carbonyl (C=O) groups excluding carboxylic acids is 1. The summed E-state index contributed by atoms with van der Waals surface area (Å²) in [5.41, 5.74) is 0. The molecule has 0 aromatic heterocycles. The highest BCUT2D eigenvalue weighted by Crippen LogP contribution is 1.99. The largest absolute Gasteiger partial charge is 0.335 e. The molecule has 3 nitrogen and oxygen atoms in total. The Morgan fingerprint density at radius 1 is 1.27 bits per heavy atom. The van der Waals surface area contributed by atoms with Crippen LogP contribution in [-0.4, -0.2) is 30.1 Å². The van der Waals surface area contributed by atoms with Gasteiger partial charge in [0.1, 0.15) is 0 Å². The molecule has 0 aliphatic heterocycles. The molecular formula is C12H22N2O. The first-order chi connectivity index (χ1) is 7.19. The highest BCUT2D eigenvalue weighted by atomic mass is 16.2. The van der Waals surface area contributed by atoms with E-state index in [-0.39, 0.29) is 12.1 Å². The lowest BCUT2D eigenvalue weighted by molar-refractivity contribution is 0.203. The molecule has 0 unspecified atom stereocenters. The fourth-order valence-corrected chi connectivity index (χ4v) is 1.31. The van der Waals surface area contributed by atoms with Crippen LogP contribution in [0.3, 0.4) is 0 Å². The molecule has 0 saturated carbocycles. The van der Waals surface area contributed by atoms with E-state index in [1.165, 1.54) is 0 Å². The number of nitrogens with one attached hydrogen (secondary N) is 1. The van der Waals surface area contributed by atoms with Crippen LogP contribution in [-0.2, 0) is 0 Å². The summed E-state index contributed by atoms with van der Waals surface area (Å²) in [6.07, 6.45) is 5.35. The van der Waals surface area contributed by atoms with E-state index in [0.29, 0.717) is 13.1 Å². The molecule has 0 atom stereocenters. The minimum Gasteiger partial charge on any atom is -0.335 e. The van der Waals surface area contributed by atoms with E-state index in [4.69, 9.17) is 0 Å². The minimum absolute atomic E-state index is 0.0384. The fraction of sp³-hybridized carbons (Fsp3) is 0.583. The molecule has 3 heteroatoms. The summed E-state index contributed by atoms with van der Waals surface area (Å²) in [4.78, 5) is 13.4. The van der Waals surface area contributed by atoms with Gasteiger partial charge in [0.05, 0.1) is 0 Å². The molecule has 1 N–H and O–H groups in total. The van der Waals surface area contributed by atoms with Crippen molar-refractivity contribution in [1.82, 2.24) is 10.2 Å². The smallest absolute Gasteiger partial charge is 0.318 e. The summed E-state index contributed by atoms with van der Waals surface area (Å²) in [6, 6.07) is 0.220. The number of carbonyl (C=O) groups is 1. The van der Waals surface area contributed by atoms with Gasteiger partial charge in [0.15, 0.2) is 0 Å². The predicted octanol–water partition coefficient (Wildman–Crippen LogP) is 2.56. The normalized spacial score (nSPS) is 9.80. The summed E-state index contributed by atoms with van der Waals surface area (Å²) >= 11 is 0. The van der Waals surface area contributed by atoms with Gasteiger partial charge in [-0.1, -0.05) is 26.0 Å². The van der Waals surface area contributed by atoms with Crippen LogP contribution in [0.15, 0.2) is 25.3 Å². The third kappa shape index (κ3) is 5.25. The number of urea groups is 1. The lowest BCUT2D eigenvalue weighted by atomic mass is 10.2. The van der Waals surface area contributed by atoms with Crippen LogP contribution in [0.25, 0.3) is 0 Å². The van der Waals surface area contributed by atoms with Crippen molar-refractivity contribution in [1.29, 1.82) is 0 Å². The van der Waals surface area contributed by atoms with Crippen LogP contribution in [0.2, 0.25) is 0 Å². The van der Waals surface area contributed by atoms with Crippen molar-refractivity contribution in [3.63, 3.8) is 0 Å². The van der Waals surface area contributed by atoms with Crippen LogP contribution in [0, 0.1) is 0 Å². The molecule has 86 valence electrons. The molecule has 0 heterocycles. The molecule has 0 bridgehead atoms. The van der Waals surface area contributed by atoms with Crippen LogP contribution < -0.4 is 5.32 Å². The van der Waals surface area contributed by atoms with Crippen molar-refractivity contribution >= 4 is 6.03 Å². The number of hydrogen-bond acceptors (Lipinski definition) is 1. The Morgan fingerprint density at radius 3 is 2.07 bits per heavy atom. The zero-order valence-electron chi connectivity index (χ0n) is 9.83. The number of rotatable bonds is 7. The SMILES string of the molecule is C=CCN(CC=C)C(=O)NC(CC)CC. The third-order valence-electron chi connectivity index (χ3n) is 2.30. The van der Waals surface area contributed by atoms with Gasteiger partial charge in [-0.3, -0.25) is 0 Å². The van der Waals surface area contributed by atoms with Crippen molar-refractivity contribution in [2.75, 3.05) is 13.1 Å². The van der Waals surface area contributed by atoms with Gasteiger partial charge in [-0.15, -0.1) is 13.2 Å². The van der Waals surface area contributed by atoms with Gasteiger partial charge in [-0.2, -0.15) is 0 Å². The monoisotopic (exact) mass is 210 g/mol. The van der Waals surface area contributed by atoms with Gasteiger partial charge in [-0.05, 0) is 12.8 Å². The highest BCUT2D eigenvalue weighted by molar-refractivity contribution is 5.74. The predicted molar refractivity (Wildman–Crippen MR) is 64.9 cm³/mol. The lowest BCUT2D eigenvalue weighted by Crippen LogP contribution is -2.44. The second-order valence-electron chi connectivity index (χ2n) is 3.45. The Kier molecular flexibility index (Phi) is 7.42. The van der Waals surface area contributed by atoms with Crippen molar-refractivity contribution in [3.8, 4) is 0 Å². The zero-order chi connectivity index (χ0) is 11.7. The second-order valence-corrected chi connectivity index (χ2v) is 3.45. The maximum Gasteiger partial charge on any atom is 0.318 e. The van der Waals surface area contributed by atoms with Crippen LogP contribution in [0.1, 0.15) is 26.7 Å². The van der Waals surface area contributed by atoms with Gasteiger partial charge in [0, 0.05) is 19.1 Å². The molecule has 0 aromatic carbocycles. The maximum absolute atomic E-state index is 11.8. The standard InChI is InChI=1S/C12H22N2O/c1-5-9-14(10-6-2)12(15)13-11(7-3)8-4/h5-6,11H,1-2,7-10H2,3-4H3,(H,13,15). The van der Waals surface area contributed by atoms with E-state index >= 15 is 0 Å². The molecule has 2 amide bonds. The van der Waals surface area contributed by atoms with E-state index in [1.54, 1.807) is 17.1 Å². The van der Waals surface area contributed by atoms with E-state index in [1.807, 2.05) is 0 Å². The zero-order valence-corrected chi connectivity index (χ0v) is 9.83. The minimum atomic E-state index is -0.0384. The van der Waals surface area contributed by atoms with Gasteiger partial charge in [0.25, 0.3) is 0 Å². The Labute approximate surface area is 92.8 Å². The topological polar surface area (TPSA) is 32.3 Å². The summed E-state index contributed by atoms with van der Waals surface area (Å²) < 4.78 is 0. The summed E-state index contributed by atoms with van der Waals surface area (Å²) in [5.74, 6) is 0. The molecule has 0 rings (SSSR count). The summed E-state index contributed by atoms with van der Waals surface area (Å²) in [7, 11) is 0. The van der Waals surface area contributed by atoms with E-state index in [9.17, 15) is 4.79 Å². The van der Waals surface area contributed by atoms with E-state index in [2.05, 4.69) is 32.3 Å². The van der Waals surface area contributed by atoms with Crippen molar-refractivity contribution in [2.45, 2.75) is 32.7 Å². The number of hydrogen-bond donors (Lipinski definition) is 1. The van der Waals surface area contributed by atoms with Crippen LogP contribution in [0.5, 0.6) is 0 Å². The summed E-state index contributed by atoms with van der Waals surface area (Å²) in [6.45, 7) is 12.5. The Hall–Kier alpha value is -1.25. The van der Waals surface area contributed by atoms with Crippen molar-refractivity contribution in [2.24, 2.45) is 0 Å². The molecule has 0 aromatic rings. The summed E-state index contributed by atoms with van der Waals surface area (Å²) in [5, 5.41) is 2.98. The van der Waals surface area contributed by atoms with E-state index in [0.717, 1.165) is 12.8 Å². The van der Waals surface area contributed by atoms with Crippen LogP contribution in [0.4, 0.5) is 4.79 Å². The first-order valence-electron chi connectivity index (χ1n) is 5.46. The van der Waals surface area contributed by atoms with Crippen LogP contribution >= 0.6 is 0 Å². The lowest BCUT2D eigenvalue weighted by Gasteiger charge is -2.23. The molecule has 15 heavy (non-hydrogen) atoms. The highest BCUT2D eigenvalue weighted by Gasteiger charge is 2.13. The molecule has 0 radical (unpaired) electrons. The Morgan fingerprint density at radius 2 is 1.73 bits per heavy atom. The van der Waals surface area contributed by atoms with Gasteiger partial charge < -0.3 is 10.2 Å². The van der Waals surface area contributed by atoms with Crippen molar-refractivity contribution < 1.29 is 4.79 Å². The molecular weight excluding hydrogens is 188 g/mol. The first-order valence-corrected chi connectivity index (χ1v) is 5.46. The molecule has 0 aliphatic rings. The molecule has 0 spiro atoms. The van der Waals surface area contributed by atoms with Gasteiger partial charge in [-0.25, -0.2) is 4.79 Å². The van der Waals surface area contributed by atoms with E-state index < -0.39 is 0 Å². The van der Waals surface area contributed by atoms with Crippen molar-refractivity contribution in [3.05, 3.63) is 25.3 Å². The maximum atomic E-state index is 11.8. The Bertz CT molecular complexity index is 200. The fourth-order valence-electron chi connectivity index (χ4n) is 1.31. The quantitative estimate of drug-likeness (QED) is 0.643. The second kappa shape index (κ2) is 8.09. The first kappa shape index (κ1) is 13.8. The third-order valence-corrected chi connectivity index (χ3v) is 2.30. The number of amides is 2. The average Bonchev–Trinajstić information content (AvgIpc) is 2.25. The Balaban J connectivity index is 4.22. The number of nitrogens with zero attached hydrogens (tertiary/aromatic N) is 1. The average molecular weight is 210 g/mol. The van der Waals surface area contributed by atoms with Gasteiger partial charge >= 0.3 is 6.03 Å².